The fraction of sp³-hybridized carbons (Fsp3) is 0.611. The highest BCUT2D eigenvalue weighted by Gasteiger charge is 2.40. The summed E-state index contributed by atoms with van der Waals surface area (Å²) < 4.78 is 0. The van der Waals surface area contributed by atoms with Gasteiger partial charge in [0.05, 0.1) is 0 Å². The fourth-order valence-corrected chi connectivity index (χ4v) is 2.63. The van der Waals surface area contributed by atoms with E-state index in [-0.39, 0.29) is 5.78 Å². The number of hydrogen-bond donors (Lipinski definition) is 2. The van der Waals surface area contributed by atoms with Crippen molar-refractivity contribution in [2.24, 2.45) is 0 Å². The molecule has 22 heavy (non-hydrogen) atoms. The molecule has 0 spiro atoms. The van der Waals surface area contributed by atoms with Crippen molar-refractivity contribution in [3.05, 3.63) is 29.8 Å². The van der Waals surface area contributed by atoms with Gasteiger partial charge in [0.1, 0.15) is 0 Å². The van der Waals surface area contributed by atoms with Gasteiger partial charge in [0.25, 0.3) is 0 Å². The second kappa shape index (κ2) is 8.91. The second-order valence-electron chi connectivity index (χ2n) is 5.78. The van der Waals surface area contributed by atoms with Crippen LogP contribution >= 0.6 is 0 Å². The zero-order valence-corrected chi connectivity index (χ0v) is 14.1. The second-order valence-corrected chi connectivity index (χ2v) is 5.78. The molecule has 0 saturated carbocycles. The van der Waals surface area contributed by atoms with Crippen molar-refractivity contribution in [1.29, 1.82) is 0 Å². The minimum Gasteiger partial charge on any atom is -0.398 e. The van der Waals surface area contributed by atoms with Crippen LogP contribution in [-0.2, 0) is 0 Å². The highest BCUT2D eigenvalue weighted by Crippen LogP contribution is 2.26. The van der Waals surface area contributed by atoms with Gasteiger partial charge < -0.3 is 10.8 Å². The first-order valence-electron chi connectivity index (χ1n) is 8.37. The van der Waals surface area contributed by atoms with Crippen molar-refractivity contribution in [3.63, 3.8) is 0 Å². The molecule has 0 aromatic heterocycles. The van der Waals surface area contributed by atoms with Gasteiger partial charge in [0.2, 0.25) is 5.78 Å². The van der Waals surface area contributed by atoms with Crippen LogP contribution in [0.1, 0.15) is 63.2 Å². The quantitative estimate of drug-likeness (QED) is 0.395. The van der Waals surface area contributed by atoms with E-state index in [0.717, 1.165) is 38.8 Å². The number of aliphatic hydroxyl groups is 1. The zero-order valence-electron chi connectivity index (χ0n) is 14.1. The van der Waals surface area contributed by atoms with Gasteiger partial charge in [-0.05, 0) is 31.4 Å². The number of benzene rings is 1. The maximum absolute atomic E-state index is 12.9. The van der Waals surface area contributed by atoms with E-state index in [9.17, 15) is 9.90 Å². The van der Waals surface area contributed by atoms with Gasteiger partial charge in [-0.15, -0.1) is 0 Å². The molecule has 0 aliphatic carbocycles. The maximum atomic E-state index is 12.9. The van der Waals surface area contributed by atoms with E-state index in [0.29, 0.717) is 17.7 Å². The Morgan fingerprint density at radius 2 is 1.68 bits per heavy atom. The number of carbonyl (C=O) groups is 1. The van der Waals surface area contributed by atoms with Crippen LogP contribution in [0.15, 0.2) is 24.3 Å². The Bertz CT molecular complexity index is 468. The van der Waals surface area contributed by atoms with Crippen molar-refractivity contribution < 1.29 is 9.90 Å². The van der Waals surface area contributed by atoms with Gasteiger partial charge in [-0.1, -0.05) is 45.7 Å². The molecule has 0 radical (unpaired) electrons. The van der Waals surface area contributed by atoms with Crippen LogP contribution < -0.4 is 5.73 Å². The summed E-state index contributed by atoms with van der Waals surface area (Å²) in [6.07, 6.45) is 4.34. The van der Waals surface area contributed by atoms with Crippen LogP contribution in [0.3, 0.4) is 0 Å². The number of unbranched alkanes of at least 4 members (excludes halogenated alkanes) is 2. The summed E-state index contributed by atoms with van der Waals surface area (Å²) >= 11 is 0. The Morgan fingerprint density at radius 3 is 2.14 bits per heavy atom. The molecule has 0 saturated heterocycles. The standard InChI is InChI=1S/C18H30N2O2/c1-4-7-13-20(14-8-5-2)18(22,6-3)17(21)15-11-9-10-12-16(15)19/h9-12,22H,4-8,13-14,19H2,1-3H3. The molecule has 0 amide bonds. The molecule has 0 bridgehead atoms. The van der Waals surface area contributed by atoms with Crippen LogP contribution in [0, 0.1) is 0 Å². The molecular weight excluding hydrogens is 276 g/mol. The van der Waals surface area contributed by atoms with Crippen LogP contribution in [0.5, 0.6) is 0 Å². The van der Waals surface area contributed by atoms with E-state index in [2.05, 4.69) is 13.8 Å². The third kappa shape index (κ3) is 4.31. The number of hydrogen-bond acceptors (Lipinski definition) is 4. The van der Waals surface area contributed by atoms with Crippen LogP contribution in [0.25, 0.3) is 0 Å². The summed E-state index contributed by atoms with van der Waals surface area (Å²) in [6, 6.07) is 6.97. The van der Waals surface area contributed by atoms with Crippen molar-refractivity contribution in [2.75, 3.05) is 18.8 Å². The molecule has 124 valence electrons. The SMILES string of the molecule is CCCCN(CCCC)C(O)(CC)C(=O)c1ccccc1N. The number of anilines is 1. The summed E-state index contributed by atoms with van der Waals surface area (Å²) in [6.45, 7) is 7.51. The summed E-state index contributed by atoms with van der Waals surface area (Å²) in [7, 11) is 0. The number of carbonyl (C=O) groups excluding carboxylic acids is 1. The smallest absolute Gasteiger partial charge is 0.211 e. The molecule has 1 unspecified atom stereocenters. The average molecular weight is 306 g/mol. The molecule has 0 heterocycles. The van der Waals surface area contributed by atoms with Crippen molar-refractivity contribution in [2.45, 2.75) is 58.6 Å². The first-order valence-corrected chi connectivity index (χ1v) is 8.37. The van der Waals surface area contributed by atoms with Crippen LogP contribution in [-0.4, -0.2) is 34.6 Å². The Balaban J connectivity index is 3.08. The molecule has 1 aromatic rings. The number of nitrogens with two attached hydrogens (primary N) is 1. The number of ketones is 1. The first-order chi connectivity index (χ1) is 10.5. The zero-order chi connectivity index (χ0) is 16.6. The third-order valence-electron chi connectivity index (χ3n) is 4.15. The number of rotatable bonds is 10. The molecule has 1 rings (SSSR count). The highest BCUT2D eigenvalue weighted by molar-refractivity contribution is 6.05. The molecular formula is C18H30N2O2. The van der Waals surface area contributed by atoms with E-state index < -0.39 is 5.72 Å². The first kappa shape index (κ1) is 18.7. The molecule has 1 atom stereocenters. The Kier molecular flexibility index (Phi) is 7.56. The van der Waals surface area contributed by atoms with Crippen molar-refractivity contribution >= 4 is 11.5 Å². The molecule has 4 nitrogen and oxygen atoms in total. The minimum atomic E-state index is -1.47. The number of nitrogen functional groups attached to an aromatic ring is 1. The number of para-hydroxylation sites is 1. The lowest BCUT2D eigenvalue weighted by atomic mass is 9.94. The lowest BCUT2D eigenvalue weighted by Gasteiger charge is -2.38. The predicted molar refractivity (Wildman–Crippen MR) is 91.8 cm³/mol. The lowest BCUT2D eigenvalue weighted by Crippen LogP contribution is -2.55. The average Bonchev–Trinajstić information content (AvgIpc) is 2.54. The topological polar surface area (TPSA) is 66.6 Å². The highest BCUT2D eigenvalue weighted by atomic mass is 16.3. The fourth-order valence-electron chi connectivity index (χ4n) is 2.63. The molecule has 3 N–H and O–H groups in total. The maximum Gasteiger partial charge on any atom is 0.211 e. The monoisotopic (exact) mass is 306 g/mol. The van der Waals surface area contributed by atoms with Gasteiger partial charge in [-0.2, -0.15) is 0 Å². The third-order valence-corrected chi connectivity index (χ3v) is 4.15. The molecule has 0 aliphatic rings. The normalized spacial score (nSPS) is 14.0. The van der Waals surface area contributed by atoms with Gasteiger partial charge in [0.15, 0.2) is 5.72 Å². The predicted octanol–water partition coefficient (Wildman–Crippen LogP) is 3.45. The summed E-state index contributed by atoms with van der Waals surface area (Å²) in [4.78, 5) is 14.8. The van der Waals surface area contributed by atoms with Crippen molar-refractivity contribution in [1.82, 2.24) is 4.90 Å². The largest absolute Gasteiger partial charge is 0.398 e. The Hall–Kier alpha value is -1.39. The van der Waals surface area contributed by atoms with Crippen molar-refractivity contribution in [3.8, 4) is 0 Å². The Morgan fingerprint density at radius 1 is 1.14 bits per heavy atom. The van der Waals surface area contributed by atoms with E-state index >= 15 is 0 Å². The summed E-state index contributed by atoms with van der Waals surface area (Å²) in [5.41, 5.74) is 5.28. The van der Waals surface area contributed by atoms with Gasteiger partial charge in [0, 0.05) is 24.3 Å². The van der Waals surface area contributed by atoms with E-state index in [4.69, 9.17) is 5.73 Å². The van der Waals surface area contributed by atoms with Gasteiger partial charge in [-0.25, -0.2) is 0 Å². The van der Waals surface area contributed by atoms with Crippen LogP contribution in [0.4, 0.5) is 5.69 Å². The number of nitrogens with zero attached hydrogens (tertiary/aromatic N) is 1. The van der Waals surface area contributed by atoms with E-state index in [1.807, 2.05) is 11.8 Å². The number of Topliss-reactive ketones (excluding diaryl/α,β-unsaturated/α-hetero) is 1. The van der Waals surface area contributed by atoms with E-state index in [1.54, 1.807) is 24.3 Å². The Labute approximate surface area is 134 Å². The van der Waals surface area contributed by atoms with Gasteiger partial charge in [-0.3, -0.25) is 9.69 Å². The molecule has 0 fully saturated rings. The minimum absolute atomic E-state index is 0.291. The summed E-state index contributed by atoms with van der Waals surface area (Å²) in [5.74, 6) is -0.291. The van der Waals surface area contributed by atoms with Crippen LogP contribution in [0.2, 0.25) is 0 Å². The lowest BCUT2D eigenvalue weighted by molar-refractivity contribution is -0.0801. The summed E-state index contributed by atoms with van der Waals surface area (Å²) in [5, 5.41) is 11.1. The molecule has 0 aliphatic heterocycles. The van der Waals surface area contributed by atoms with Gasteiger partial charge >= 0.3 is 0 Å². The molecule has 1 aromatic carbocycles. The molecule has 4 heteroatoms. The van der Waals surface area contributed by atoms with E-state index in [1.165, 1.54) is 0 Å².